The molecule has 4 aliphatic rings. The molecule has 2 aliphatic heterocycles. The number of anilines is 1. The van der Waals surface area contributed by atoms with E-state index in [9.17, 15) is 4.79 Å². The van der Waals surface area contributed by atoms with Crippen LogP contribution in [0.1, 0.15) is 100 Å². The fourth-order valence-electron chi connectivity index (χ4n) is 6.31. The van der Waals surface area contributed by atoms with Crippen LogP contribution in [0.25, 0.3) is 0 Å². The first-order valence-electron chi connectivity index (χ1n) is 12.1. The average molecular weight is 397 g/mol. The second-order valence-electron chi connectivity index (χ2n) is 9.81. The van der Waals surface area contributed by atoms with Gasteiger partial charge >= 0.3 is 0 Å². The van der Waals surface area contributed by atoms with E-state index >= 15 is 0 Å². The summed E-state index contributed by atoms with van der Waals surface area (Å²) in [7, 11) is 0. The Morgan fingerprint density at radius 1 is 0.897 bits per heavy atom. The maximum atomic E-state index is 12.9. The van der Waals surface area contributed by atoms with Crippen molar-refractivity contribution < 1.29 is 4.79 Å². The Hall–Kier alpha value is -1.49. The molecule has 0 N–H and O–H groups in total. The number of nitrogens with zero attached hydrogens (tertiary/aromatic N) is 4. The second-order valence-corrected chi connectivity index (χ2v) is 9.81. The Kier molecular flexibility index (Phi) is 5.59. The monoisotopic (exact) mass is 396 g/mol. The van der Waals surface area contributed by atoms with Crippen LogP contribution in [0.5, 0.6) is 0 Å². The van der Waals surface area contributed by atoms with Gasteiger partial charge in [-0.25, -0.2) is 9.97 Å². The van der Waals surface area contributed by atoms with Gasteiger partial charge in [-0.05, 0) is 64.3 Å². The molecule has 1 aromatic rings. The summed E-state index contributed by atoms with van der Waals surface area (Å²) in [5, 5.41) is 0. The standard InChI is InChI=1S/C24H36N4O/c1-17-20-13-14-22(29)28(16-18-8-3-2-4-9-18)24(20)26-23(25-17)21-12-7-15-27(21)19-10-5-6-11-19/h18-19,21H,2-16H2,1H3/t21-/m1/s1. The van der Waals surface area contributed by atoms with Crippen LogP contribution in [0.3, 0.4) is 0 Å². The lowest BCUT2D eigenvalue weighted by molar-refractivity contribution is -0.119. The highest BCUT2D eigenvalue weighted by atomic mass is 16.2. The van der Waals surface area contributed by atoms with Gasteiger partial charge in [0.15, 0.2) is 0 Å². The van der Waals surface area contributed by atoms with Gasteiger partial charge in [-0.3, -0.25) is 14.6 Å². The zero-order valence-corrected chi connectivity index (χ0v) is 18.0. The molecule has 29 heavy (non-hydrogen) atoms. The normalized spacial score (nSPS) is 27.0. The van der Waals surface area contributed by atoms with Crippen LogP contribution in [0, 0.1) is 12.8 Å². The summed E-state index contributed by atoms with van der Waals surface area (Å²) in [4.78, 5) is 27.8. The van der Waals surface area contributed by atoms with E-state index in [1.807, 2.05) is 4.90 Å². The number of hydrogen-bond donors (Lipinski definition) is 0. The summed E-state index contributed by atoms with van der Waals surface area (Å²) in [6.45, 7) is 4.17. The highest BCUT2D eigenvalue weighted by molar-refractivity contribution is 5.95. The van der Waals surface area contributed by atoms with Gasteiger partial charge in [0.1, 0.15) is 11.6 Å². The third-order valence-electron chi connectivity index (χ3n) is 7.91. The predicted octanol–water partition coefficient (Wildman–Crippen LogP) is 4.72. The minimum Gasteiger partial charge on any atom is -0.296 e. The van der Waals surface area contributed by atoms with Crippen molar-refractivity contribution in [3.8, 4) is 0 Å². The summed E-state index contributed by atoms with van der Waals surface area (Å²) in [5.74, 6) is 2.84. The molecular formula is C24H36N4O. The van der Waals surface area contributed by atoms with Crippen molar-refractivity contribution in [2.75, 3.05) is 18.0 Å². The number of fused-ring (bicyclic) bond motifs is 1. The van der Waals surface area contributed by atoms with Gasteiger partial charge < -0.3 is 0 Å². The summed E-state index contributed by atoms with van der Waals surface area (Å²) in [6.07, 6.45) is 15.7. The van der Waals surface area contributed by atoms with E-state index in [1.165, 1.54) is 76.3 Å². The Morgan fingerprint density at radius 3 is 2.45 bits per heavy atom. The van der Waals surface area contributed by atoms with E-state index in [0.717, 1.165) is 36.7 Å². The number of amides is 1. The van der Waals surface area contributed by atoms with Crippen molar-refractivity contribution in [3.63, 3.8) is 0 Å². The number of aromatic nitrogens is 2. The lowest BCUT2D eigenvalue weighted by atomic mass is 9.88. The molecule has 1 amide bonds. The molecule has 0 unspecified atom stereocenters. The highest BCUT2D eigenvalue weighted by Crippen LogP contribution is 2.39. The van der Waals surface area contributed by atoms with E-state index in [-0.39, 0.29) is 5.91 Å². The van der Waals surface area contributed by atoms with Crippen LogP contribution in [0.4, 0.5) is 5.82 Å². The van der Waals surface area contributed by atoms with Crippen molar-refractivity contribution in [2.45, 2.75) is 102 Å². The Balaban J connectivity index is 1.44. The third kappa shape index (κ3) is 3.83. The number of carbonyl (C=O) groups is 1. The fraction of sp³-hybridized carbons (Fsp3) is 0.792. The molecule has 0 spiro atoms. The van der Waals surface area contributed by atoms with Gasteiger partial charge in [-0.2, -0.15) is 0 Å². The summed E-state index contributed by atoms with van der Waals surface area (Å²) < 4.78 is 0. The molecule has 1 atom stereocenters. The van der Waals surface area contributed by atoms with Gasteiger partial charge in [-0.1, -0.05) is 32.1 Å². The summed E-state index contributed by atoms with van der Waals surface area (Å²) in [5.41, 5.74) is 2.32. The summed E-state index contributed by atoms with van der Waals surface area (Å²) in [6, 6.07) is 1.05. The Bertz CT molecular complexity index is 751. The topological polar surface area (TPSA) is 49.3 Å². The molecule has 1 aromatic heterocycles. The van der Waals surface area contributed by atoms with Crippen molar-refractivity contribution in [1.29, 1.82) is 0 Å². The molecule has 5 rings (SSSR count). The van der Waals surface area contributed by atoms with Gasteiger partial charge in [-0.15, -0.1) is 0 Å². The second kappa shape index (κ2) is 8.33. The molecule has 5 heteroatoms. The minimum absolute atomic E-state index is 0.270. The molecule has 3 fully saturated rings. The molecule has 2 saturated carbocycles. The van der Waals surface area contributed by atoms with Gasteiger partial charge in [0.05, 0.1) is 6.04 Å². The van der Waals surface area contributed by atoms with E-state index < -0.39 is 0 Å². The molecule has 1 saturated heterocycles. The Morgan fingerprint density at radius 2 is 1.66 bits per heavy atom. The molecule has 5 nitrogen and oxygen atoms in total. The first kappa shape index (κ1) is 19.5. The van der Waals surface area contributed by atoms with E-state index in [0.29, 0.717) is 24.4 Å². The van der Waals surface area contributed by atoms with Crippen LogP contribution in [-0.2, 0) is 11.2 Å². The van der Waals surface area contributed by atoms with Gasteiger partial charge in [0, 0.05) is 30.3 Å². The zero-order valence-electron chi connectivity index (χ0n) is 18.0. The van der Waals surface area contributed by atoms with E-state index in [2.05, 4.69) is 11.8 Å². The molecular weight excluding hydrogens is 360 g/mol. The van der Waals surface area contributed by atoms with Crippen molar-refractivity contribution in [3.05, 3.63) is 17.1 Å². The van der Waals surface area contributed by atoms with Crippen molar-refractivity contribution >= 4 is 11.7 Å². The zero-order chi connectivity index (χ0) is 19.8. The molecule has 2 aliphatic carbocycles. The number of aryl methyl sites for hydroxylation is 1. The molecule has 3 heterocycles. The predicted molar refractivity (Wildman–Crippen MR) is 115 cm³/mol. The van der Waals surface area contributed by atoms with E-state index in [1.54, 1.807) is 0 Å². The van der Waals surface area contributed by atoms with Crippen molar-refractivity contribution in [2.24, 2.45) is 5.92 Å². The lowest BCUT2D eigenvalue weighted by Crippen LogP contribution is -2.41. The van der Waals surface area contributed by atoms with Crippen LogP contribution in [-0.4, -0.2) is 39.9 Å². The third-order valence-corrected chi connectivity index (χ3v) is 7.91. The molecule has 158 valence electrons. The maximum absolute atomic E-state index is 12.9. The number of hydrogen-bond acceptors (Lipinski definition) is 4. The quantitative estimate of drug-likeness (QED) is 0.739. The van der Waals surface area contributed by atoms with Gasteiger partial charge in [0.25, 0.3) is 0 Å². The number of rotatable bonds is 4. The van der Waals surface area contributed by atoms with E-state index in [4.69, 9.17) is 9.97 Å². The number of likely N-dealkylation sites (tertiary alicyclic amines) is 1. The fourth-order valence-corrected chi connectivity index (χ4v) is 6.31. The van der Waals surface area contributed by atoms with Gasteiger partial charge in [0.2, 0.25) is 5.91 Å². The first-order valence-corrected chi connectivity index (χ1v) is 12.1. The summed E-state index contributed by atoms with van der Waals surface area (Å²) >= 11 is 0. The van der Waals surface area contributed by atoms with Crippen molar-refractivity contribution in [1.82, 2.24) is 14.9 Å². The van der Waals surface area contributed by atoms with Crippen LogP contribution in [0.15, 0.2) is 0 Å². The van der Waals surface area contributed by atoms with Crippen LogP contribution in [0.2, 0.25) is 0 Å². The van der Waals surface area contributed by atoms with Crippen LogP contribution >= 0.6 is 0 Å². The average Bonchev–Trinajstić information content (AvgIpc) is 3.42. The Labute approximate surface area is 175 Å². The molecule has 0 bridgehead atoms. The van der Waals surface area contributed by atoms with Crippen LogP contribution < -0.4 is 4.90 Å². The molecule has 0 aromatic carbocycles. The maximum Gasteiger partial charge on any atom is 0.228 e. The highest BCUT2D eigenvalue weighted by Gasteiger charge is 2.37. The lowest BCUT2D eigenvalue weighted by Gasteiger charge is -2.35. The largest absolute Gasteiger partial charge is 0.296 e. The minimum atomic E-state index is 0.270. The SMILES string of the molecule is Cc1nc([C@H]2CCCN2C2CCCC2)nc2c1CCC(=O)N2CC1CCCCC1. The first-order chi connectivity index (χ1) is 14.2. The smallest absolute Gasteiger partial charge is 0.228 e. The molecule has 0 radical (unpaired) electrons. The number of carbonyl (C=O) groups excluding carboxylic acids is 1.